The van der Waals surface area contributed by atoms with E-state index < -0.39 is 15.3 Å². The summed E-state index contributed by atoms with van der Waals surface area (Å²) in [5.41, 5.74) is 3.49. The van der Waals surface area contributed by atoms with Gasteiger partial charge >= 0.3 is 0 Å². The quantitative estimate of drug-likeness (QED) is 0.723. The largest absolute Gasteiger partial charge is 0.336 e. The fraction of sp³-hybridized carbons (Fsp3) is 0.316. The first-order valence-corrected chi connectivity index (χ1v) is 9.99. The normalized spacial score (nSPS) is 16.0. The van der Waals surface area contributed by atoms with Gasteiger partial charge in [0.2, 0.25) is 10.0 Å². The van der Waals surface area contributed by atoms with Crippen molar-refractivity contribution < 1.29 is 8.42 Å². The van der Waals surface area contributed by atoms with Crippen molar-refractivity contribution in [3.8, 4) is 0 Å². The van der Waals surface area contributed by atoms with Gasteiger partial charge in [-0.25, -0.2) is 13.4 Å². The van der Waals surface area contributed by atoms with Crippen LogP contribution in [0.1, 0.15) is 29.7 Å². The second-order valence-electron chi connectivity index (χ2n) is 6.60. The molecular weight excluding hydrogens is 334 g/mol. The summed E-state index contributed by atoms with van der Waals surface area (Å²) in [7, 11) is -1.57. The van der Waals surface area contributed by atoms with E-state index in [1.54, 1.807) is 17.4 Å². The number of benzene rings is 1. The van der Waals surface area contributed by atoms with Gasteiger partial charge in [-0.2, -0.15) is 0 Å². The number of rotatable bonds is 3. The molecule has 0 radical (unpaired) electrons. The summed E-state index contributed by atoms with van der Waals surface area (Å²) in [6.07, 6.45) is 5.38. The van der Waals surface area contributed by atoms with Crippen LogP contribution in [0.5, 0.6) is 0 Å². The first kappa shape index (κ1) is 16.1. The van der Waals surface area contributed by atoms with Gasteiger partial charge in [0.1, 0.15) is 10.9 Å². The van der Waals surface area contributed by atoms with Crippen molar-refractivity contribution in [2.24, 2.45) is 7.05 Å². The van der Waals surface area contributed by atoms with Gasteiger partial charge < -0.3 is 4.57 Å². The van der Waals surface area contributed by atoms with E-state index in [4.69, 9.17) is 0 Å². The molecule has 1 atom stereocenters. The maximum Gasteiger partial charge on any atom is 0.242 e. The lowest BCUT2D eigenvalue weighted by Gasteiger charge is -2.32. The van der Waals surface area contributed by atoms with Crippen molar-refractivity contribution in [2.75, 3.05) is 10.8 Å². The van der Waals surface area contributed by atoms with E-state index in [9.17, 15) is 8.42 Å². The molecule has 1 unspecified atom stereocenters. The molecular formula is C19H21N3O2S. The smallest absolute Gasteiger partial charge is 0.242 e. The summed E-state index contributed by atoms with van der Waals surface area (Å²) in [6, 6.07) is 11.7. The Kier molecular flexibility index (Phi) is 3.80. The molecule has 0 aliphatic carbocycles. The van der Waals surface area contributed by atoms with Crippen LogP contribution >= 0.6 is 0 Å². The van der Waals surface area contributed by atoms with Crippen LogP contribution in [0, 0.1) is 0 Å². The Balaban J connectivity index is 1.74. The van der Waals surface area contributed by atoms with Crippen molar-refractivity contribution in [3.63, 3.8) is 0 Å². The minimum Gasteiger partial charge on any atom is -0.336 e. The zero-order valence-electron chi connectivity index (χ0n) is 14.4. The van der Waals surface area contributed by atoms with E-state index in [1.807, 2.05) is 54.2 Å². The maximum atomic E-state index is 13.3. The SMILES string of the molecule is CC(c1cnc2c(ccn2C)c1)S(=O)(=O)N1CCCc2ccccc21. The Bertz CT molecular complexity index is 1040. The Hall–Kier alpha value is -2.34. The molecule has 5 nitrogen and oxygen atoms in total. The number of fused-ring (bicyclic) bond motifs is 2. The third kappa shape index (κ3) is 2.61. The number of pyridine rings is 1. The lowest BCUT2D eigenvalue weighted by molar-refractivity contribution is 0.576. The second kappa shape index (κ2) is 5.88. The topological polar surface area (TPSA) is 55.2 Å². The van der Waals surface area contributed by atoms with Crippen LogP contribution in [0.4, 0.5) is 5.69 Å². The number of para-hydroxylation sites is 1. The van der Waals surface area contributed by atoms with Crippen molar-refractivity contribution in [3.05, 3.63) is 59.9 Å². The number of aryl methyl sites for hydroxylation is 2. The minimum absolute atomic E-state index is 0.532. The van der Waals surface area contributed by atoms with Crippen LogP contribution < -0.4 is 4.31 Å². The van der Waals surface area contributed by atoms with E-state index in [-0.39, 0.29) is 0 Å². The molecule has 4 rings (SSSR count). The summed E-state index contributed by atoms with van der Waals surface area (Å²) >= 11 is 0. The highest BCUT2D eigenvalue weighted by atomic mass is 32.2. The van der Waals surface area contributed by atoms with Crippen LogP contribution in [-0.4, -0.2) is 24.5 Å². The molecule has 1 aliphatic heterocycles. The van der Waals surface area contributed by atoms with Gasteiger partial charge in [-0.15, -0.1) is 0 Å². The second-order valence-corrected chi connectivity index (χ2v) is 8.78. The number of aromatic nitrogens is 2. The van der Waals surface area contributed by atoms with Crippen molar-refractivity contribution in [2.45, 2.75) is 25.0 Å². The highest BCUT2D eigenvalue weighted by Gasteiger charge is 2.33. The van der Waals surface area contributed by atoms with Crippen LogP contribution in [0.25, 0.3) is 11.0 Å². The molecule has 3 heterocycles. The van der Waals surface area contributed by atoms with Gasteiger partial charge in [-0.1, -0.05) is 18.2 Å². The highest BCUT2D eigenvalue weighted by molar-refractivity contribution is 7.93. The Morgan fingerprint density at radius 3 is 2.84 bits per heavy atom. The van der Waals surface area contributed by atoms with Gasteiger partial charge in [0, 0.05) is 31.4 Å². The molecule has 0 fully saturated rings. The van der Waals surface area contributed by atoms with E-state index in [0.717, 1.165) is 40.7 Å². The third-order valence-electron chi connectivity index (χ3n) is 5.02. The van der Waals surface area contributed by atoms with E-state index >= 15 is 0 Å². The molecule has 0 N–H and O–H groups in total. The van der Waals surface area contributed by atoms with Gasteiger partial charge in [-0.3, -0.25) is 4.31 Å². The fourth-order valence-corrected chi connectivity index (χ4v) is 5.21. The zero-order chi connectivity index (χ0) is 17.6. The predicted octanol–water partition coefficient (Wildman–Crippen LogP) is 3.42. The first-order chi connectivity index (χ1) is 12.0. The third-order valence-corrected chi connectivity index (χ3v) is 7.18. The average Bonchev–Trinajstić information content (AvgIpc) is 3.01. The minimum atomic E-state index is -3.50. The molecule has 0 saturated heterocycles. The van der Waals surface area contributed by atoms with Gasteiger partial charge in [0.05, 0.1) is 5.69 Å². The molecule has 0 spiro atoms. The molecule has 0 bridgehead atoms. The van der Waals surface area contributed by atoms with Gasteiger partial charge in [0.15, 0.2) is 0 Å². The summed E-state index contributed by atoms with van der Waals surface area (Å²) < 4.78 is 30.1. The fourth-order valence-electron chi connectivity index (χ4n) is 3.52. The highest BCUT2D eigenvalue weighted by Crippen LogP contribution is 2.35. The number of sulfonamides is 1. The number of anilines is 1. The molecule has 1 aromatic carbocycles. The molecule has 1 aliphatic rings. The standard InChI is InChI=1S/C19H21N3O2S/c1-14(17-12-16-9-11-21(2)19(16)20-13-17)25(23,24)22-10-5-7-15-6-3-4-8-18(15)22/h3-4,6,8-9,11-14H,5,7,10H2,1-2H3. The maximum absolute atomic E-state index is 13.3. The van der Waals surface area contributed by atoms with Crippen LogP contribution in [0.2, 0.25) is 0 Å². The van der Waals surface area contributed by atoms with Gasteiger partial charge in [0.25, 0.3) is 0 Å². The first-order valence-electron chi connectivity index (χ1n) is 8.49. The average molecular weight is 355 g/mol. The van der Waals surface area contributed by atoms with Crippen molar-refractivity contribution in [1.82, 2.24) is 9.55 Å². The Morgan fingerprint density at radius 1 is 1.20 bits per heavy atom. The van der Waals surface area contributed by atoms with E-state index in [1.165, 1.54) is 0 Å². The number of nitrogens with zero attached hydrogens (tertiary/aromatic N) is 3. The lowest BCUT2D eigenvalue weighted by Crippen LogP contribution is -2.37. The molecule has 2 aromatic heterocycles. The lowest BCUT2D eigenvalue weighted by atomic mass is 10.0. The van der Waals surface area contributed by atoms with Crippen LogP contribution in [0.15, 0.2) is 48.8 Å². The molecule has 3 aromatic rings. The van der Waals surface area contributed by atoms with Crippen molar-refractivity contribution in [1.29, 1.82) is 0 Å². The van der Waals surface area contributed by atoms with Crippen LogP contribution in [-0.2, 0) is 23.5 Å². The van der Waals surface area contributed by atoms with Crippen LogP contribution in [0.3, 0.4) is 0 Å². The van der Waals surface area contributed by atoms with Crippen molar-refractivity contribution >= 4 is 26.7 Å². The molecule has 0 saturated carbocycles. The predicted molar refractivity (Wildman–Crippen MR) is 100 cm³/mol. The van der Waals surface area contributed by atoms with E-state index in [2.05, 4.69) is 4.98 Å². The Morgan fingerprint density at radius 2 is 2.00 bits per heavy atom. The van der Waals surface area contributed by atoms with Gasteiger partial charge in [-0.05, 0) is 49.1 Å². The zero-order valence-corrected chi connectivity index (χ0v) is 15.2. The van der Waals surface area contributed by atoms with E-state index in [0.29, 0.717) is 6.54 Å². The number of hydrogen-bond acceptors (Lipinski definition) is 3. The number of hydrogen-bond donors (Lipinski definition) is 0. The Labute approximate surface area is 148 Å². The molecule has 130 valence electrons. The molecule has 6 heteroatoms. The summed E-state index contributed by atoms with van der Waals surface area (Å²) in [4.78, 5) is 4.44. The summed E-state index contributed by atoms with van der Waals surface area (Å²) in [5, 5.41) is 0.317. The summed E-state index contributed by atoms with van der Waals surface area (Å²) in [5.74, 6) is 0. The monoisotopic (exact) mass is 355 g/mol. The summed E-state index contributed by atoms with van der Waals surface area (Å²) in [6.45, 7) is 2.28. The molecule has 0 amide bonds. The molecule has 25 heavy (non-hydrogen) atoms.